The standard InChI is InChI=1S/C12H22N2O.ClH/c1-2-7-13-12(15)11-8-9-5-3-4-6-10(9)14-11;/h9-11,14H,2-8H2,1H3,(H,13,15);1H. The highest BCUT2D eigenvalue weighted by atomic mass is 35.5. The van der Waals surface area contributed by atoms with E-state index in [4.69, 9.17) is 0 Å². The Balaban J connectivity index is 0.00000128. The van der Waals surface area contributed by atoms with E-state index in [-0.39, 0.29) is 24.4 Å². The van der Waals surface area contributed by atoms with Crippen LogP contribution in [0.2, 0.25) is 0 Å². The highest BCUT2D eigenvalue weighted by molar-refractivity contribution is 5.85. The van der Waals surface area contributed by atoms with Gasteiger partial charge in [-0.25, -0.2) is 0 Å². The Kier molecular flexibility index (Phi) is 5.56. The van der Waals surface area contributed by atoms with Crippen LogP contribution in [0.15, 0.2) is 0 Å². The van der Waals surface area contributed by atoms with E-state index in [1.54, 1.807) is 0 Å². The summed E-state index contributed by atoms with van der Waals surface area (Å²) >= 11 is 0. The van der Waals surface area contributed by atoms with Crippen LogP contribution in [0, 0.1) is 5.92 Å². The fourth-order valence-corrected chi connectivity index (χ4v) is 2.89. The third-order valence-corrected chi connectivity index (χ3v) is 3.73. The zero-order valence-electron chi connectivity index (χ0n) is 10.00. The van der Waals surface area contributed by atoms with Gasteiger partial charge in [-0.1, -0.05) is 19.8 Å². The van der Waals surface area contributed by atoms with E-state index < -0.39 is 0 Å². The van der Waals surface area contributed by atoms with E-state index in [0.717, 1.165) is 25.3 Å². The molecule has 94 valence electrons. The molecule has 4 heteroatoms. The molecule has 3 atom stereocenters. The monoisotopic (exact) mass is 246 g/mol. The minimum absolute atomic E-state index is 0. The molecule has 1 amide bonds. The number of rotatable bonds is 3. The second-order valence-corrected chi connectivity index (χ2v) is 4.90. The lowest BCUT2D eigenvalue weighted by atomic mass is 9.85. The molecule has 0 bridgehead atoms. The van der Waals surface area contributed by atoms with Gasteiger partial charge in [-0.05, 0) is 31.6 Å². The van der Waals surface area contributed by atoms with Gasteiger partial charge in [0, 0.05) is 12.6 Å². The molecule has 3 unspecified atom stereocenters. The smallest absolute Gasteiger partial charge is 0.237 e. The van der Waals surface area contributed by atoms with E-state index in [1.807, 2.05) is 0 Å². The second-order valence-electron chi connectivity index (χ2n) is 4.90. The number of nitrogens with one attached hydrogen (secondary N) is 2. The first-order chi connectivity index (χ1) is 7.31. The van der Waals surface area contributed by atoms with Crippen LogP contribution in [0.4, 0.5) is 0 Å². The van der Waals surface area contributed by atoms with Crippen molar-refractivity contribution in [2.24, 2.45) is 5.92 Å². The Morgan fingerprint density at radius 1 is 1.38 bits per heavy atom. The van der Waals surface area contributed by atoms with Crippen molar-refractivity contribution >= 4 is 18.3 Å². The number of hydrogen-bond acceptors (Lipinski definition) is 2. The molecule has 0 aromatic rings. The summed E-state index contributed by atoms with van der Waals surface area (Å²) in [6.45, 7) is 2.90. The molecule has 16 heavy (non-hydrogen) atoms. The van der Waals surface area contributed by atoms with Gasteiger partial charge in [0.2, 0.25) is 5.91 Å². The summed E-state index contributed by atoms with van der Waals surface area (Å²) < 4.78 is 0. The molecule has 1 aliphatic carbocycles. The van der Waals surface area contributed by atoms with E-state index >= 15 is 0 Å². The largest absolute Gasteiger partial charge is 0.355 e. The van der Waals surface area contributed by atoms with Crippen LogP contribution < -0.4 is 10.6 Å². The predicted octanol–water partition coefficient (Wildman–Crippen LogP) is 1.86. The lowest BCUT2D eigenvalue weighted by Crippen LogP contribution is -2.43. The van der Waals surface area contributed by atoms with Crippen molar-refractivity contribution < 1.29 is 4.79 Å². The van der Waals surface area contributed by atoms with Gasteiger partial charge in [-0.2, -0.15) is 0 Å². The van der Waals surface area contributed by atoms with Crippen LogP contribution in [0.1, 0.15) is 45.4 Å². The zero-order chi connectivity index (χ0) is 10.7. The number of amides is 1. The summed E-state index contributed by atoms with van der Waals surface area (Å²) in [7, 11) is 0. The molecule has 0 radical (unpaired) electrons. The third-order valence-electron chi connectivity index (χ3n) is 3.73. The Bertz CT molecular complexity index is 221. The SMILES string of the molecule is CCCNC(=O)C1CC2CCCCC2N1.Cl. The molecule has 2 aliphatic rings. The average Bonchev–Trinajstić information content (AvgIpc) is 2.69. The second kappa shape index (κ2) is 6.45. The van der Waals surface area contributed by atoms with Crippen molar-refractivity contribution in [3.63, 3.8) is 0 Å². The van der Waals surface area contributed by atoms with Crippen LogP contribution in [0.25, 0.3) is 0 Å². The van der Waals surface area contributed by atoms with Crippen molar-refractivity contribution in [2.75, 3.05) is 6.54 Å². The summed E-state index contributed by atoms with van der Waals surface area (Å²) in [6, 6.07) is 0.709. The molecular formula is C12H23ClN2O. The summed E-state index contributed by atoms with van der Waals surface area (Å²) in [5.74, 6) is 0.974. The van der Waals surface area contributed by atoms with Gasteiger partial charge < -0.3 is 10.6 Å². The molecule has 1 saturated heterocycles. The van der Waals surface area contributed by atoms with Gasteiger partial charge >= 0.3 is 0 Å². The molecule has 0 aromatic heterocycles. The number of carbonyl (C=O) groups is 1. The van der Waals surface area contributed by atoms with Gasteiger partial charge in [-0.3, -0.25) is 4.79 Å². The normalized spacial score (nSPS) is 32.7. The molecule has 1 aliphatic heterocycles. The first-order valence-electron chi connectivity index (χ1n) is 6.35. The topological polar surface area (TPSA) is 41.1 Å². The van der Waals surface area contributed by atoms with Crippen molar-refractivity contribution in [2.45, 2.75) is 57.5 Å². The Labute approximate surface area is 104 Å². The summed E-state index contributed by atoms with van der Waals surface area (Å²) in [4.78, 5) is 11.8. The molecular weight excluding hydrogens is 224 g/mol. The van der Waals surface area contributed by atoms with Crippen molar-refractivity contribution in [1.82, 2.24) is 10.6 Å². The van der Waals surface area contributed by atoms with Gasteiger partial charge in [0.15, 0.2) is 0 Å². The average molecular weight is 247 g/mol. The first kappa shape index (κ1) is 13.8. The minimum atomic E-state index is 0. The molecule has 2 fully saturated rings. The van der Waals surface area contributed by atoms with E-state index in [2.05, 4.69) is 17.6 Å². The summed E-state index contributed by atoms with van der Waals surface area (Å²) in [6.07, 6.45) is 7.34. The van der Waals surface area contributed by atoms with Crippen molar-refractivity contribution in [3.8, 4) is 0 Å². The third kappa shape index (κ3) is 3.11. The fraction of sp³-hybridized carbons (Fsp3) is 0.917. The maximum atomic E-state index is 11.8. The Morgan fingerprint density at radius 3 is 2.81 bits per heavy atom. The zero-order valence-corrected chi connectivity index (χ0v) is 10.8. The molecule has 1 heterocycles. The van der Waals surface area contributed by atoms with Gasteiger partial charge in [0.1, 0.15) is 0 Å². The number of carbonyl (C=O) groups excluding carboxylic acids is 1. The Hall–Kier alpha value is -0.280. The molecule has 1 saturated carbocycles. The molecule has 2 rings (SSSR count). The highest BCUT2D eigenvalue weighted by Gasteiger charge is 2.37. The van der Waals surface area contributed by atoms with Crippen LogP contribution >= 0.6 is 12.4 Å². The van der Waals surface area contributed by atoms with Crippen LogP contribution in [-0.2, 0) is 4.79 Å². The van der Waals surface area contributed by atoms with Gasteiger partial charge in [0.25, 0.3) is 0 Å². The number of halogens is 1. The van der Waals surface area contributed by atoms with E-state index in [0.29, 0.717) is 6.04 Å². The maximum absolute atomic E-state index is 11.8. The van der Waals surface area contributed by atoms with E-state index in [9.17, 15) is 4.79 Å². The number of fused-ring (bicyclic) bond motifs is 1. The lowest BCUT2D eigenvalue weighted by molar-refractivity contribution is -0.122. The van der Waals surface area contributed by atoms with Crippen molar-refractivity contribution in [1.29, 1.82) is 0 Å². The molecule has 2 N–H and O–H groups in total. The lowest BCUT2D eigenvalue weighted by Gasteiger charge is -2.24. The number of hydrogen-bond donors (Lipinski definition) is 2. The minimum Gasteiger partial charge on any atom is -0.355 e. The highest BCUT2D eigenvalue weighted by Crippen LogP contribution is 2.33. The van der Waals surface area contributed by atoms with Gasteiger partial charge in [0.05, 0.1) is 6.04 Å². The van der Waals surface area contributed by atoms with Gasteiger partial charge in [-0.15, -0.1) is 12.4 Å². The summed E-state index contributed by atoms with van der Waals surface area (Å²) in [5, 5.41) is 6.47. The molecule has 0 aromatic carbocycles. The first-order valence-corrected chi connectivity index (χ1v) is 6.35. The quantitative estimate of drug-likeness (QED) is 0.798. The molecule has 3 nitrogen and oxygen atoms in total. The van der Waals surface area contributed by atoms with Crippen LogP contribution in [0.3, 0.4) is 0 Å². The van der Waals surface area contributed by atoms with Crippen molar-refractivity contribution in [3.05, 3.63) is 0 Å². The van der Waals surface area contributed by atoms with Crippen LogP contribution in [-0.4, -0.2) is 24.5 Å². The fourth-order valence-electron chi connectivity index (χ4n) is 2.89. The van der Waals surface area contributed by atoms with E-state index in [1.165, 1.54) is 25.7 Å². The summed E-state index contributed by atoms with van der Waals surface area (Å²) in [5.41, 5.74) is 0. The van der Waals surface area contributed by atoms with Crippen LogP contribution in [0.5, 0.6) is 0 Å². The Morgan fingerprint density at radius 2 is 2.12 bits per heavy atom. The predicted molar refractivity (Wildman–Crippen MR) is 67.8 cm³/mol. The maximum Gasteiger partial charge on any atom is 0.237 e. The molecule has 0 spiro atoms.